The van der Waals surface area contributed by atoms with Crippen LogP contribution in [0.3, 0.4) is 0 Å². The van der Waals surface area contributed by atoms with Gasteiger partial charge in [-0.3, -0.25) is 9.69 Å². The summed E-state index contributed by atoms with van der Waals surface area (Å²) in [5.41, 5.74) is 2.04. The smallest absolute Gasteiger partial charge is 0.239 e. The first-order valence-corrected chi connectivity index (χ1v) is 11.4. The van der Waals surface area contributed by atoms with Crippen LogP contribution in [0, 0.1) is 6.92 Å². The molecule has 1 amide bonds. The molecule has 0 saturated carbocycles. The highest BCUT2D eigenvalue weighted by Crippen LogP contribution is 2.34. The van der Waals surface area contributed by atoms with E-state index >= 15 is 0 Å². The molecule has 0 unspecified atom stereocenters. The van der Waals surface area contributed by atoms with Gasteiger partial charge in [0, 0.05) is 18.0 Å². The third-order valence-corrected chi connectivity index (χ3v) is 6.40. The molecule has 1 heterocycles. The van der Waals surface area contributed by atoms with Crippen molar-refractivity contribution in [2.24, 2.45) is 0 Å². The minimum atomic E-state index is 0.0643. The van der Waals surface area contributed by atoms with E-state index in [4.69, 9.17) is 9.72 Å². The third kappa shape index (κ3) is 5.72. The molecule has 0 aliphatic rings. The fraction of sp³-hybridized carbons (Fsp3) is 0.364. The van der Waals surface area contributed by atoms with E-state index in [1.165, 1.54) is 16.9 Å². The first kappa shape index (κ1) is 21.6. The van der Waals surface area contributed by atoms with Crippen molar-refractivity contribution in [1.82, 2.24) is 9.88 Å². The lowest BCUT2D eigenvalue weighted by Crippen LogP contribution is -2.37. The summed E-state index contributed by atoms with van der Waals surface area (Å²) in [5.74, 6) is 1.21. The normalized spacial score (nSPS) is 11.2. The number of nitrogens with zero attached hydrogens (tertiary/aromatic N) is 3. The number of hydrogen-bond donors (Lipinski definition) is 0. The van der Waals surface area contributed by atoms with Crippen molar-refractivity contribution in [1.29, 1.82) is 0 Å². The van der Waals surface area contributed by atoms with Crippen molar-refractivity contribution in [3.8, 4) is 5.75 Å². The van der Waals surface area contributed by atoms with Gasteiger partial charge in [-0.15, -0.1) is 11.8 Å². The van der Waals surface area contributed by atoms with Gasteiger partial charge in [0.25, 0.3) is 0 Å². The SMILES string of the molecule is CCOc1cccc2sc(N(CCN(C)C)C(=O)CSc3ccc(C)cc3)nc12. The van der Waals surface area contributed by atoms with Gasteiger partial charge in [0.15, 0.2) is 5.13 Å². The van der Waals surface area contributed by atoms with Gasteiger partial charge in [-0.1, -0.05) is 35.1 Å². The van der Waals surface area contributed by atoms with Gasteiger partial charge < -0.3 is 9.64 Å². The Hall–Kier alpha value is -2.09. The maximum Gasteiger partial charge on any atom is 0.239 e. The van der Waals surface area contributed by atoms with Crippen LogP contribution in [0.5, 0.6) is 5.75 Å². The quantitative estimate of drug-likeness (QED) is 0.462. The predicted molar refractivity (Wildman–Crippen MR) is 124 cm³/mol. The lowest BCUT2D eigenvalue weighted by Gasteiger charge is -2.21. The average molecular weight is 430 g/mol. The highest BCUT2D eigenvalue weighted by Gasteiger charge is 2.21. The van der Waals surface area contributed by atoms with Crippen molar-refractivity contribution in [3.63, 3.8) is 0 Å². The first-order valence-electron chi connectivity index (χ1n) is 9.65. The van der Waals surface area contributed by atoms with Crippen molar-refractivity contribution in [2.45, 2.75) is 18.7 Å². The maximum atomic E-state index is 13.1. The number of rotatable bonds is 9. The summed E-state index contributed by atoms with van der Waals surface area (Å²) in [5, 5.41) is 0.725. The Bertz CT molecular complexity index is 954. The van der Waals surface area contributed by atoms with E-state index in [0.717, 1.165) is 32.5 Å². The number of carbonyl (C=O) groups excluding carboxylic acids is 1. The summed E-state index contributed by atoms with van der Waals surface area (Å²) in [6.45, 7) is 5.98. The zero-order valence-corrected chi connectivity index (χ0v) is 19.0. The van der Waals surface area contributed by atoms with Crippen LogP contribution < -0.4 is 9.64 Å². The number of aromatic nitrogens is 1. The Morgan fingerprint density at radius 3 is 2.59 bits per heavy atom. The number of aryl methyl sites for hydroxylation is 1. The molecule has 5 nitrogen and oxygen atoms in total. The molecular formula is C22H27N3O2S2. The number of carbonyl (C=O) groups is 1. The lowest BCUT2D eigenvalue weighted by molar-refractivity contribution is -0.116. The lowest BCUT2D eigenvalue weighted by atomic mass is 10.2. The Kier molecular flexibility index (Phi) is 7.52. The van der Waals surface area contributed by atoms with Gasteiger partial charge in [0.1, 0.15) is 11.3 Å². The molecule has 0 aliphatic carbocycles. The van der Waals surface area contributed by atoms with Crippen molar-refractivity contribution in [2.75, 3.05) is 44.4 Å². The van der Waals surface area contributed by atoms with Crippen LogP contribution in [0.15, 0.2) is 47.4 Å². The van der Waals surface area contributed by atoms with Gasteiger partial charge >= 0.3 is 0 Å². The third-order valence-electron chi connectivity index (χ3n) is 4.36. The van der Waals surface area contributed by atoms with Crippen LogP contribution in [-0.2, 0) is 4.79 Å². The Balaban J connectivity index is 1.82. The predicted octanol–water partition coefficient (Wildman–Crippen LogP) is 4.69. The van der Waals surface area contributed by atoms with Gasteiger partial charge in [0.2, 0.25) is 5.91 Å². The van der Waals surface area contributed by atoms with Crippen LogP contribution >= 0.6 is 23.1 Å². The minimum absolute atomic E-state index is 0.0643. The molecule has 0 N–H and O–H groups in total. The molecule has 0 fully saturated rings. The van der Waals surface area contributed by atoms with Gasteiger partial charge in [0.05, 0.1) is 17.1 Å². The molecule has 29 heavy (non-hydrogen) atoms. The van der Waals surface area contributed by atoms with E-state index < -0.39 is 0 Å². The fourth-order valence-electron chi connectivity index (χ4n) is 2.78. The second-order valence-corrected chi connectivity index (χ2v) is 9.04. The molecule has 3 rings (SSSR count). The molecule has 0 bridgehead atoms. The van der Waals surface area contributed by atoms with Gasteiger partial charge in [-0.25, -0.2) is 4.98 Å². The number of para-hydroxylation sites is 1. The van der Waals surface area contributed by atoms with Crippen LogP contribution in [-0.4, -0.2) is 55.3 Å². The molecule has 3 aromatic rings. The van der Waals surface area contributed by atoms with Gasteiger partial charge in [-0.05, 0) is 52.2 Å². The Morgan fingerprint density at radius 1 is 1.14 bits per heavy atom. The topological polar surface area (TPSA) is 45.7 Å². The molecule has 1 aromatic heterocycles. The number of thiazole rings is 1. The Morgan fingerprint density at radius 2 is 1.90 bits per heavy atom. The number of benzene rings is 2. The second kappa shape index (κ2) is 10.1. The van der Waals surface area contributed by atoms with Crippen LogP contribution in [0.25, 0.3) is 10.2 Å². The van der Waals surface area contributed by atoms with E-state index in [1.54, 1.807) is 11.8 Å². The summed E-state index contributed by atoms with van der Waals surface area (Å²) in [4.78, 5) is 22.9. The van der Waals surface area contributed by atoms with E-state index in [0.29, 0.717) is 18.9 Å². The van der Waals surface area contributed by atoms with E-state index in [1.807, 2.05) is 44.1 Å². The van der Waals surface area contributed by atoms with Crippen molar-refractivity contribution < 1.29 is 9.53 Å². The molecule has 0 saturated heterocycles. The molecule has 0 radical (unpaired) electrons. The number of hydrogen-bond acceptors (Lipinski definition) is 6. The number of fused-ring (bicyclic) bond motifs is 1. The largest absolute Gasteiger partial charge is 0.492 e. The number of thioether (sulfide) groups is 1. The van der Waals surface area contributed by atoms with Crippen LogP contribution in [0.4, 0.5) is 5.13 Å². The average Bonchev–Trinajstić information content (AvgIpc) is 3.12. The zero-order valence-electron chi connectivity index (χ0n) is 17.3. The molecule has 0 aliphatic heterocycles. The summed E-state index contributed by atoms with van der Waals surface area (Å²) in [7, 11) is 4.02. The van der Waals surface area contributed by atoms with E-state index in [2.05, 4.69) is 36.1 Å². The number of ether oxygens (including phenoxy) is 1. The van der Waals surface area contributed by atoms with Gasteiger partial charge in [-0.2, -0.15) is 0 Å². The zero-order chi connectivity index (χ0) is 20.8. The first-order chi connectivity index (χ1) is 14.0. The Labute approximate surface area is 180 Å². The van der Waals surface area contributed by atoms with Crippen LogP contribution in [0.1, 0.15) is 12.5 Å². The van der Waals surface area contributed by atoms with E-state index in [-0.39, 0.29) is 5.91 Å². The monoisotopic (exact) mass is 429 g/mol. The molecule has 154 valence electrons. The molecule has 0 spiro atoms. The summed E-state index contributed by atoms with van der Waals surface area (Å²) in [6.07, 6.45) is 0. The van der Waals surface area contributed by atoms with Crippen LogP contribution in [0.2, 0.25) is 0 Å². The molecular weight excluding hydrogens is 402 g/mol. The standard InChI is InChI=1S/C22H27N3O2S2/c1-5-27-18-7-6-8-19-21(18)23-22(29-19)25(14-13-24(3)4)20(26)15-28-17-11-9-16(2)10-12-17/h6-12H,5,13-15H2,1-4H3. The molecule has 0 atom stereocenters. The molecule has 7 heteroatoms. The number of anilines is 1. The fourth-order valence-corrected chi connectivity index (χ4v) is 4.58. The second-order valence-electron chi connectivity index (χ2n) is 6.98. The minimum Gasteiger partial charge on any atom is -0.492 e. The van der Waals surface area contributed by atoms with Crippen molar-refractivity contribution >= 4 is 44.4 Å². The molecule has 2 aromatic carbocycles. The summed E-state index contributed by atoms with van der Waals surface area (Å²) < 4.78 is 6.74. The number of likely N-dealkylation sites (N-methyl/N-ethyl adjacent to an activating group) is 1. The van der Waals surface area contributed by atoms with Crippen molar-refractivity contribution in [3.05, 3.63) is 48.0 Å². The number of amides is 1. The highest BCUT2D eigenvalue weighted by molar-refractivity contribution is 8.00. The highest BCUT2D eigenvalue weighted by atomic mass is 32.2. The summed E-state index contributed by atoms with van der Waals surface area (Å²) >= 11 is 3.10. The van der Waals surface area contributed by atoms with E-state index in [9.17, 15) is 4.79 Å². The maximum absolute atomic E-state index is 13.1. The summed E-state index contributed by atoms with van der Waals surface area (Å²) in [6, 6.07) is 14.2.